The molecule has 1 saturated carbocycles. The molecule has 0 radical (unpaired) electrons. The normalized spacial score (nSPS) is 15.2. The molecule has 0 spiro atoms. The smallest absolute Gasteiger partial charge is 0.357 e. The number of rotatable bonds is 2. The van der Waals surface area contributed by atoms with Gasteiger partial charge in [0.2, 0.25) is 0 Å². The van der Waals surface area contributed by atoms with Crippen LogP contribution in [0.2, 0.25) is 0 Å². The Kier molecular flexibility index (Phi) is 2.14. The fourth-order valence-electron chi connectivity index (χ4n) is 1.93. The summed E-state index contributed by atoms with van der Waals surface area (Å²) in [6.07, 6.45) is 2.21. The number of H-pyrrole nitrogens is 1. The van der Waals surface area contributed by atoms with E-state index < -0.39 is 5.97 Å². The third-order valence-corrected chi connectivity index (χ3v) is 2.96. The largest absolute Gasteiger partial charge is 0.464 e. The van der Waals surface area contributed by atoms with E-state index in [0.717, 1.165) is 35.4 Å². The minimum Gasteiger partial charge on any atom is -0.464 e. The summed E-state index contributed by atoms with van der Waals surface area (Å²) in [5.41, 5.74) is 2.05. The fourth-order valence-corrected chi connectivity index (χ4v) is 1.93. The molecule has 1 aliphatic rings. The number of aryl methyl sites for hydroxylation is 1. The Morgan fingerprint density at radius 3 is 2.88 bits per heavy atom. The second kappa shape index (κ2) is 3.55. The molecule has 2 aromatic heterocycles. The maximum atomic E-state index is 11.7. The van der Waals surface area contributed by atoms with E-state index in [1.807, 2.05) is 13.0 Å². The van der Waals surface area contributed by atoms with Crippen LogP contribution in [0.15, 0.2) is 6.07 Å². The molecule has 0 aromatic carbocycles. The number of carbonyl (C=O) groups excluding carboxylic acids is 1. The zero-order valence-electron chi connectivity index (χ0n) is 9.78. The summed E-state index contributed by atoms with van der Waals surface area (Å²) in [4.78, 5) is 23.6. The Bertz CT molecular complexity index is 599. The van der Waals surface area contributed by atoms with Crippen molar-refractivity contribution in [3.8, 4) is 0 Å². The molecule has 2 heterocycles. The van der Waals surface area contributed by atoms with Crippen molar-refractivity contribution in [2.75, 3.05) is 7.11 Å². The fraction of sp³-hybridized carbons (Fsp3) is 0.417. The molecular formula is C12H13N3O2. The first-order valence-corrected chi connectivity index (χ1v) is 5.64. The molecule has 2 aromatic rings. The van der Waals surface area contributed by atoms with Gasteiger partial charge in [-0.3, -0.25) is 0 Å². The summed E-state index contributed by atoms with van der Waals surface area (Å²) >= 11 is 0. The van der Waals surface area contributed by atoms with Crippen LogP contribution in [0.3, 0.4) is 0 Å². The Morgan fingerprint density at radius 1 is 1.47 bits per heavy atom. The minimum absolute atomic E-state index is 0.365. The quantitative estimate of drug-likeness (QED) is 0.802. The molecule has 0 bridgehead atoms. The number of nitrogens with one attached hydrogen (secondary N) is 1. The Hall–Kier alpha value is -1.91. The van der Waals surface area contributed by atoms with E-state index in [1.165, 1.54) is 7.11 Å². The van der Waals surface area contributed by atoms with Gasteiger partial charge >= 0.3 is 5.97 Å². The van der Waals surface area contributed by atoms with E-state index in [0.29, 0.717) is 11.6 Å². The van der Waals surface area contributed by atoms with Crippen LogP contribution in [-0.4, -0.2) is 28.0 Å². The van der Waals surface area contributed by atoms with Gasteiger partial charge in [0.25, 0.3) is 0 Å². The summed E-state index contributed by atoms with van der Waals surface area (Å²) < 4.78 is 4.77. The predicted molar refractivity (Wildman–Crippen MR) is 61.9 cm³/mol. The second-order valence-corrected chi connectivity index (χ2v) is 4.41. The molecule has 0 atom stereocenters. The first-order valence-electron chi connectivity index (χ1n) is 5.64. The highest BCUT2D eigenvalue weighted by Crippen LogP contribution is 2.38. The molecule has 1 N–H and O–H groups in total. The summed E-state index contributed by atoms with van der Waals surface area (Å²) in [5, 5.41) is 0.735. The first kappa shape index (κ1) is 10.3. The molecule has 17 heavy (non-hydrogen) atoms. The van der Waals surface area contributed by atoms with Gasteiger partial charge in [0.05, 0.1) is 12.5 Å². The zero-order valence-corrected chi connectivity index (χ0v) is 9.78. The van der Waals surface area contributed by atoms with Crippen LogP contribution in [0, 0.1) is 6.92 Å². The summed E-state index contributed by atoms with van der Waals surface area (Å²) in [6.45, 7) is 1.93. The van der Waals surface area contributed by atoms with Gasteiger partial charge in [0, 0.05) is 11.6 Å². The maximum Gasteiger partial charge on any atom is 0.357 e. The predicted octanol–water partition coefficient (Wildman–Crippen LogP) is 1.93. The second-order valence-electron chi connectivity index (χ2n) is 4.41. The number of ether oxygens (including phenoxy) is 1. The number of methoxy groups -OCH3 is 1. The maximum absolute atomic E-state index is 11.7. The van der Waals surface area contributed by atoms with Crippen molar-refractivity contribution in [1.82, 2.24) is 15.0 Å². The standard InChI is InChI=1S/C12H13N3O2/c1-6-5-8-9(12(16)17-2)14-10(7-3-4-7)15-11(8)13-6/h5,7H,3-4H2,1-2H3,(H,13,14,15). The highest BCUT2D eigenvalue weighted by Gasteiger charge is 2.29. The molecule has 1 aliphatic carbocycles. The molecule has 0 unspecified atom stereocenters. The number of carbonyl (C=O) groups is 1. The molecule has 0 amide bonds. The van der Waals surface area contributed by atoms with Crippen LogP contribution >= 0.6 is 0 Å². The molecule has 1 fully saturated rings. The lowest BCUT2D eigenvalue weighted by molar-refractivity contribution is 0.0596. The summed E-state index contributed by atoms with van der Waals surface area (Å²) in [5.74, 6) is 0.754. The molecule has 5 heteroatoms. The first-order chi connectivity index (χ1) is 8.19. The summed E-state index contributed by atoms with van der Waals surface area (Å²) in [7, 11) is 1.37. The van der Waals surface area contributed by atoms with Gasteiger partial charge in [-0.25, -0.2) is 14.8 Å². The van der Waals surface area contributed by atoms with Crippen molar-refractivity contribution >= 4 is 17.0 Å². The third-order valence-electron chi connectivity index (χ3n) is 2.96. The number of esters is 1. The van der Waals surface area contributed by atoms with E-state index in [1.54, 1.807) is 0 Å². The van der Waals surface area contributed by atoms with Gasteiger partial charge in [-0.05, 0) is 25.8 Å². The van der Waals surface area contributed by atoms with E-state index in [2.05, 4.69) is 15.0 Å². The topological polar surface area (TPSA) is 67.9 Å². The number of aromatic amines is 1. The Morgan fingerprint density at radius 2 is 2.24 bits per heavy atom. The van der Waals surface area contributed by atoms with Crippen LogP contribution in [0.1, 0.15) is 40.8 Å². The van der Waals surface area contributed by atoms with Crippen molar-refractivity contribution in [2.24, 2.45) is 0 Å². The lowest BCUT2D eigenvalue weighted by atomic mass is 10.2. The van der Waals surface area contributed by atoms with Gasteiger partial charge < -0.3 is 9.72 Å². The minimum atomic E-state index is -0.404. The zero-order chi connectivity index (χ0) is 12.0. The van der Waals surface area contributed by atoms with E-state index in [9.17, 15) is 4.79 Å². The number of hydrogen-bond acceptors (Lipinski definition) is 4. The van der Waals surface area contributed by atoms with Gasteiger partial charge in [-0.1, -0.05) is 0 Å². The molecule has 88 valence electrons. The molecule has 0 saturated heterocycles. The lowest BCUT2D eigenvalue weighted by Gasteiger charge is -2.03. The lowest BCUT2D eigenvalue weighted by Crippen LogP contribution is -2.08. The monoisotopic (exact) mass is 231 g/mol. The highest BCUT2D eigenvalue weighted by molar-refractivity contribution is 6.01. The van der Waals surface area contributed by atoms with Crippen LogP contribution < -0.4 is 0 Å². The van der Waals surface area contributed by atoms with Crippen LogP contribution in [0.4, 0.5) is 0 Å². The Labute approximate surface area is 98.2 Å². The van der Waals surface area contributed by atoms with Crippen molar-refractivity contribution in [3.63, 3.8) is 0 Å². The van der Waals surface area contributed by atoms with Crippen LogP contribution in [0.5, 0.6) is 0 Å². The molecule has 5 nitrogen and oxygen atoms in total. The van der Waals surface area contributed by atoms with Gasteiger partial charge in [-0.15, -0.1) is 0 Å². The molecular weight excluding hydrogens is 218 g/mol. The van der Waals surface area contributed by atoms with Gasteiger partial charge in [0.1, 0.15) is 11.5 Å². The molecule has 3 rings (SSSR count). The highest BCUT2D eigenvalue weighted by atomic mass is 16.5. The SMILES string of the molecule is COC(=O)c1nc(C2CC2)nc2[nH]c(C)cc12. The summed E-state index contributed by atoms with van der Waals surface area (Å²) in [6, 6.07) is 1.87. The van der Waals surface area contributed by atoms with Gasteiger partial charge in [-0.2, -0.15) is 0 Å². The number of aromatic nitrogens is 3. The van der Waals surface area contributed by atoms with Gasteiger partial charge in [0.15, 0.2) is 5.69 Å². The van der Waals surface area contributed by atoms with Crippen molar-refractivity contribution in [2.45, 2.75) is 25.7 Å². The molecule has 0 aliphatic heterocycles. The number of nitrogens with zero attached hydrogens (tertiary/aromatic N) is 2. The van der Waals surface area contributed by atoms with E-state index in [-0.39, 0.29) is 0 Å². The number of fused-ring (bicyclic) bond motifs is 1. The van der Waals surface area contributed by atoms with Crippen molar-refractivity contribution < 1.29 is 9.53 Å². The van der Waals surface area contributed by atoms with Crippen LogP contribution in [-0.2, 0) is 4.74 Å². The third kappa shape index (κ3) is 1.67. The number of hydrogen-bond donors (Lipinski definition) is 1. The van der Waals surface area contributed by atoms with Crippen molar-refractivity contribution in [3.05, 3.63) is 23.3 Å². The van der Waals surface area contributed by atoms with Crippen LogP contribution in [0.25, 0.3) is 11.0 Å². The average Bonchev–Trinajstić information content (AvgIpc) is 3.09. The van der Waals surface area contributed by atoms with E-state index in [4.69, 9.17) is 4.74 Å². The van der Waals surface area contributed by atoms with Crippen molar-refractivity contribution in [1.29, 1.82) is 0 Å². The average molecular weight is 231 g/mol. The van der Waals surface area contributed by atoms with E-state index >= 15 is 0 Å². The Balaban J connectivity index is 2.24.